The Morgan fingerprint density at radius 3 is 2.66 bits per heavy atom. The van der Waals surface area contributed by atoms with E-state index in [1.807, 2.05) is 54.6 Å². The molecule has 5 nitrogen and oxygen atoms in total. The number of nitrogens with zero attached hydrogens (tertiary/aromatic N) is 1. The van der Waals surface area contributed by atoms with Gasteiger partial charge in [0.2, 0.25) is 5.91 Å². The van der Waals surface area contributed by atoms with Crippen LogP contribution in [0, 0.1) is 5.92 Å². The number of benzene rings is 2. The number of nitrogens with one attached hydrogen (secondary N) is 2. The predicted octanol–water partition coefficient (Wildman–Crippen LogP) is 5.20. The van der Waals surface area contributed by atoms with Crippen LogP contribution in [0.3, 0.4) is 0 Å². The van der Waals surface area contributed by atoms with Gasteiger partial charge < -0.3 is 15.4 Å². The van der Waals surface area contributed by atoms with Crippen LogP contribution >= 0.6 is 24.8 Å². The van der Waals surface area contributed by atoms with E-state index < -0.39 is 0 Å². The Morgan fingerprint density at radius 1 is 1.10 bits per heavy atom. The van der Waals surface area contributed by atoms with Crippen molar-refractivity contribution in [1.29, 1.82) is 0 Å². The summed E-state index contributed by atoms with van der Waals surface area (Å²) in [5.74, 6) is 2.18. The SMILES string of the molecule is Cl.Cl.O=C(CCC1CCNC1)Nc1ccc(Oc2ccnc3ccccc23)cc1. The van der Waals surface area contributed by atoms with Crippen molar-refractivity contribution in [2.24, 2.45) is 5.92 Å². The van der Waals surface area contributed by atoms with Crippen molar-refractivity contribution in [2.75, 3.05) is 18.4 Å². The molecule has 1 atom stereocenters. The molecule has 0 spiro atoms. The van der Waals surface area contributed by atoms with Crippen molar-refractivity contribution >= 4 is 47.3 Å². The first kappa shape index (κ1) is 22.9. The Kier molecular flexibility index (Phi) is 8.70. The van der Waals surface area contributed by atoms with E-state index in [0.717, 1.165) is 47.6 Å². The quantitative estimate of drug-likeness (QED) is 0.560. The number of amides is 1. The molecule has 1 unspecified atom stereocenters. The number of pyridine rings is 1. The smallest absolute Gasteiger partial charge is 0.224 e. The number of rotatable bonds is 6. The Morgan fingerprint density at radius 2 is 1.90 bits per heavy atom. The summed E-state index contributed by atoms with van der Waals surface area (Å²) in [6.45, 7) is 2.10. The highest BCUT2D eigenvalue weighted by Crippen LogP contribution is 2.29. The second-order valence-corrected chi connectivity index (χ2v) is 6.90. The summed E-state index contributed by atoms with van der Waals surface area (Å²) in [5.41, 5.74) is 1.69. The largest absolute Gasteiger partial charge is 0.457 e. The van der Waals surface area contributed by atoms with Crippen molar-refractivity contribution in [3.8, 4) is 11.5 Å². The monoisotopic (exact) mass is 433 g/mol. The molecule has 2 heterocycles. The Hall–Kier alpha value is -2.34. The number of para-hydroxylation sites is 1. The van der Waals surface area contributed by atoms with E-state index in [4.69, 9.17) is 4.74 Å². The second-order valence-electron chi connectivity index (χ2n) is 6.90. The molecule has 2 aromatic carbocycles. The van der Waals surface area contributed by atoms with E-state index in [0.29, 0.717) is 12.3 Å². The molecular weight excluding hydrogens is 409 g/mol. The summed E-state index contributed by atoms with van der Waals surface area (Å²) in [7, 11) is 0. The molecule has 1 aromatic heterocycles. The zero-order valence-corrected chi connectivity index (χ0v) is 17.6. The fourth-order valence-corrected chi connectivity index (χ4v) is 3.41. The van der Waals surface area contributed by atoms with Crippen LogP contribution in [0.25, 0.3) is 10.9 Å². The van der Waals surface area contributed by atoms with Gasteiger partial charge in [-0.3, -0.25) is 9.78 Å². The number of aromatic nitrogens is 1. The highest BCUT2D eigenvalue weighted by Gasteiger charge is 2.15. The number of ether oxygens (including phenoxy) is 1. The van der Waals surface area contributed by atoms with Crippen LogP contribution in [0.2, 0.25) is 0 Å². The molecule has 0 aliphatic carbocycles. The zero-order chi connectivity index (χ0) is 18.5. The highest BCUT2D eigenvalue weighted by molar-refractivity contribution is 5.90. The summed E-state index contributed by atoms with van der Waals surface area (Å²) < 4.78 is 6.01. The molecule has 1 saturated heterocycles. The van der Waals surface area contributed by atoms with Crippen LogP contribution in [0.15, 0.2) is 60.8 Å². The fraction of sp³-hybridized carbons (Fsp3) is 0.273. The first-order valence-corrected chi connectivity index (χ1v) is 9.40. The van der Waals surface area contributed by atoms with E-state index in [1.54, 1.807) is 6.20 Å². The van der Waals surface area contributed by atoms with E-state index in [-0.39, 0.29) is 30.7 Å². The van der Waals surface area contributed by atoms with E-state index in [1.165, 1.54) is 6.42 Å². The first-order chi connectivity index (χ1) is 13.3. The van der Waals surface area contributed by atoms with E-state index >= 15 is 0 Å². The Bertz CT molecular complexity index is 923. The highest BCUT2D eigenvalue weighted by atomic mass is 35.5. The predicted molar refractivity (Wildman–Crippen MR) is 122 cm³/mol. The van der Waals surface area contributed by atoms with Gasteiger partial charge in [0, 0.05) is 23.7 Å². The fourth-order valence-electron chi connectivity index (χ4n) is 3.41. The minimum Gasteiger partial charge on any atom is -0.457 e. The van der Waals surface area contributed by atoms with E-state index in [9.17, 15) is 4.79 Å². The third-order valence-corrected chi connectivity index (χ3v) is 4.92. The number of hydrogen-bond acceptors (Lipinski definition) is 4. The molecule has 29 heavy (non-hydrogen) atoms. The lowest BCUT2D eigenvalue weighted by Crippen LogP contribution is -2.14. The molecule has 1 aliphatic heterocycles. The van der Waals surface area contributed by atoms with Crippen LogP contribution in [-0.4, -0.2) is 24.0 Å². The standard InChI is InChI=1S/C22H23N3O2.2ClH/c26-22(10-5-16-11-13-23-15-16)25-17-6-8-18(9-7-17)27-21-12-14-24-20-4-2-1-3-19(20)21;;/h1-4,6-9,12,14,16,23H,5,10-11,13,15H2,(H,25,26);2*1H. The van der Waals surface area contributed by atoms with Crippen molar-refractivity contribution in [2.45, 2.75) is 19.3 Å². The molecule has 1 aliphatic rings. The van der Waals surface area contributed by atoms with Crippen LogP contribution in [0.4, 0.5) is 5.69 Å². The molecule has 1 amide bonds. The van der Waals surface area contributed by atoms with Crippen molar-refractivity contribution in [1.82, 2.24) is 10.3 Å². The second kappa shape index (κ2) is 11.0. The van der Waals surface area contributed by atoms with Gasteiger partial charge in [-0.05, 0) is 74.3 Å². The average Bonchev–Trinajstić information content (AvgIpc) is 3.22. The lowest BCUT2D eigenvalue weighted by molar-refractivity contribution is -0.116. The third kappa shape index (κ3) is 6.07. The molecule has 4 rings (SSSR count). The molecule has 1 fully saturated rings. The number of carbonyl (C=O) groups is 1. The molecule has 0 radical (unpaired) electrons. The summed E-state index contributed by atoms with van der Waals surface area (Å²) in [4.78, 5) is 16.5. The van der Waals surface area contributed by atoms with Gasteiger partial charge in [-0.15, -0.1) is 24.8 Å². The lowest BCUT2D eigenvalue weighted by Gasteiger charge is -2.11. The molecule has 7 heteroatoms. The van der Waals surface area contributed by atoms with Crippen LogP contribution < -0.4 is 15.4 Å². The maximum Gasteiger partial charge on any atom is 0.224 e. The molecule has 154 valence electrons. The third-order valence-electron chi connectivity index (χ3n) is 4.92. The number of carbonyl (C=O) groups excluding carboxylic acids is 1. The topological polar surface area (TPSA) is 63.2 Å². The number of fused-ring (bicyclic) bond motifs is 1. The van der Waals surface area contributed by atoms with Crippen molar-refractivity contribution < 1.29 is 9.53 Å². The molecule has 2 N–H and O–H groups in total. The van der Waals surface area contributed by atoms with Crippen LogP contribution in [0.5, 0.6) is 11.5 Å². The minimum absolute atomic E-state index is 0. The summed E-state index contributed by atoms with van der Waals surface area (Å²) >= 11 is 0. The van der Waals surface area contributed by atoms with Gasteiger partial charge in [0.15, 0.2) is 0 Å². The van der Waals surface area contributed by atoms with Gasteiger partial charge >= 0.3 is 0 Å². The summed E-state index contributed by atoms with van der Waals surface area (Å²) in [6, 6.07) is 17.2. The summed E-state index contributed by atoms with van der Waals surface area (Å²) in [5, 5.41) is 7.27. The number of hydrogen-bond donors (Lipinski definition) is 2. The van der Waals surface area contributed by atoms with Crippen LogP contribution in [0.1, 0.15) is 19.3 Å². The molecule has 0 saturated carbocycles. The van der Waals surface area contributed by atoms with Gasteiger partial charge in [0.25, 0.3) is 0 Å². The number of anilines is 1. The lowest BCUT2D eigenvalue weighted by atomic mass is 10.0. The minimum atomic E-state index is 0. The van der Waals surface area contributed by atoms with Gasteiger partial charge in [0.1, 0.15) is 11.5 Å². The Labute approximate surface area is 183 Å². The average molecular weight is 434 g/mol. The van der Waals surface area contributed by atoms with Crippen molar-refractivity contribution in [3.63, 3.8) is 0 Å². The van der Waals surface area contributed by atoms with Crippen LogP contribution in [-0.2, 0) is 4.79 Å². The van der Waals surface area contributed by atoms with Gasteiger partial charge in [0.05, 0.1) is 5.52 Å². The Balaban J connectivity index is 0.00000150. The molecule has 3 aromatic rings. The maximum atomic E-state index is 12.1. The summed E-state index contributed by atoms with van der Waals surface area (Å²) in [6.07, 6.45) is 4.41. The zero-order valence-electron chi connectivity index (χ0n) is 16.0. The maximum absolute atomic E-state index is 12.1. The van der Waals surface area contributed by atoms with Gasteiger partial charge in [-0.1, -0.05) is 12.1 Å². The van der Waals surface area contributed by atoms with Gasteiger partial charge in [-0.2, -0.15) is 0 Å². The van der Waals surface area contributed by atoms with E-state index in [2.05, 4.69) is 15.6 Å². The molecule has 0 bridgehead atoms. The van der Waals surface area contributed by atoms with Crippen molar-refractivity contribution in [3.05, 3.63) is 60.8 Å². The first-order valence-electron chi connectivity index (χ1n) is 9.40. The number of halogens is 2. The molecular formula is C22H25Cl2N3O2. The van der Waals surface area contributed by atoms with Gasteiger partial charge in [-0.25, -0.2) is 0 Å². The normalized spacial score (nSPS) is 15.2.